The van der Waals surface area contributed by atoms with E-state index < -0.39 is 11.7 Å². The molecular formula is C15H24N2O3. The number of hydrogen-bond donors (Lipinski definition) is 2. The number of hydrogen-bond acceptors (Lipinski definition) is 4. The number of carbonyl (C=O) groups is 1. The molecule has 0 spiro atoms. The van der Waals surface area contributed by atoms with Crippen LogP contribution in [0.2, 0.25) is 0 Å². The second-order valence-electron chi connectivity index (χ2n) is 5.74. The molecule has 0 aliphatic rings. The molecule has 0 heterocycles. The van der Waals surface area contributed by atoms with Crippen LogP contribution in [0.5, 0.6) is 5.75 Å². The van der Waals surface area contributed by atoms with Crippen molar-refractivity contribution in [3.63, 3.8) is 0 Å². The molecule has 5 heteroatoms. The third kappa shape index (κ3) is 5.09. The molecule has 0 aliphatic carbocycles. The normalized spacial score (nSPS) is 12.7. The summed E-state index contributed by atoms with van der Waals surface area (Å²) in [5, 5.41) is 0. The quantitative estimate of drug-likeness (QED) is 0.832. The van der Waals surface area contributed by atoms with E-state index in [4.69, 9.17) is 9.47 Å². The zero-order chi connectivity index (χ0) is 15.3. The highest BCUT2D eigenvalue weighted by molar-refractivity contribution is 5.67. The molecule has 5 nitrogen and oxygen atoms in total. The summed E-state index contributed by atoms with van der Waals surface area (Å²) in [7, 11) is 1.63. The molecule has 0 fully saturated rings. The van der Waals surface area contributed by atoms with Gasteiger partial charge in [0.2, 0.25) is 0 Å². The fraction of sp³-hybridized carbons (Fsp3) is 0.533. The number of ether oxygens (including phenoxy) is 2. The Kier molecular flexibility index (Phi) is 5.39. The second kappa shape index (κ2) is 6.61. The molecular weight excluding hydrogens is 256 g/mol. The number of hydrazine groups is 1. The first-order valence-electron chi connectivity index (χ1n) is 6.62. The Balaban J connectivity index is 2.65. The largest absolute Gasteiger partial charge is 0.496 e. The van der Waals surface area contributed by atoms with Crippen molar-refractivity contribution < 1.29 is 14.3 Å². The van der Waals surface area contributed by atoms with Crippen LogP contribution in [0.3, 0.4) is 0 Å². The molecule has 0 saturated heterocycles. The van der Waals surface area contributed by atoms with Gasteiger partial charge in [-0.1, -0.05) is 17.7 Å². The number of benzene rings is 1. The first-order valence-corrected chi connectivity index (χ1v) is 6.62. The van der Waals surface area contributed by atoms with Crippen molar-refractivity contribution in [2.24, 2.45) is 0 Å². The van der Waals surface area contributed by atoms with Gasteiger partial charge in [0.1, 0.15) is 11.4 Å². The van der Waals surface area contributed by atoms with Crippen LogP contribution in [-0.4, -0.2) is 18.8 Å². The summed E-state index contributed by atoms with van der Waals surface area (Å²) in [4.78, 5) is 11.6. The predicted molar refractivity (Wildman–Crippen MR) is 78.7 cm³/mol. The Morgan fingerprint density at radius 1 is 1.30 bits per heavy atom. The van der Waals surface area contributed by atoms with Crippen LogP contribution in [0.15, 0.2) is 18.2 Å². The molecule has 20 heavy (non-hydrogen) atoms. The second-order valence-corrected chi connectivity index (χ2v) is 5.74. The zero-order valence-corrected chi connectivity index (χ0v) is 13.0. The number of aryl methyl sites for hydroxylation is 1. The van der Waals surface area contributed by atoms with Gasteiger partial charge in [0.05, 0.1) is 13.2 Å². The van der Waals surface area contributed by atoms with Gasteiger partial charge in [-0.25, -0.2) is 10.2 Å². The van der Waals surface area contributed by atoms with E-state index in [1.807, 2.05) is 52.8 Å². The maximum absolute atomic E-state index is 11.6. The molecule has 0 saturated carbocycles. The van der Waals surface area contributed by atoms with Gasteiger partial charge >= 0.3 is 6.09 Å². The monoisotopic (exact) mass is 280 g/mol. The minimum absolute atomic E-state index is 0.0997. The minimum Gasteiger partial charge on any atom is -0.496 e. The molecule has 0 radical (unpaired) electrons. The average molecular weight is 280 g/mol. The van der Waals surface area contributed by atoms with Crippen LogP contribution in [-0.2, 0) is 4.74 Å². The van der Waals surface area contributed by atoms with Crippen LogP contribution in [0.1, 0.15) is 44.9 Å². The third-order valence-corrected chi connectivity index (χ3v) is 2.64. The number of rotatable bonds is 4. The van der Waals surface area contributed by atoms with E-state index in [-0.39, 0.29) is 6.04 Å². The molecule has 2 N–H and O–H groups in total. The number of carbonyl (C=O) groups excluding carboxylic acids is 1. The van der Waals surface area contributed by atoms with Gasteiger partial charge in [0.25, 0.3) is 0 Å². The van der Waals surface area contributed by atoms with Crippen molar-refractivity contribution in [1.82, 2.24) is 10.9 Å². The Morgan fingerprint density at radius 3 is 2.50 bits per heavy atom. The van der Waals surface area contributed by atoms with E-state index in [0.29, 0.717) is 0 Å². The lowest BCUT2D eigenvalue weighted by atomic mass is 10.1. The molecule has 1 amide bonds. The molecule has 112 valence electrons. The van der Waals surface area contributed by atoms with Gasteiger partial charge in [-0.05, 0) is 40.7 Å². The van der Waals surface area contributed by atoms with Gasteiger partial charge in [-0.3, -0.25) is 5.43 Å². The summed E-state index contributed by atoms with van der Waals surface area (Å²) >= 11 is 0. The van der Waals surface area contributed by atoms with E-state index in [9.17, 15) is 4.79 Å². The van der Waals surface area contributed by atoms with Crippen LogP contribution in [0.25, 0.3) is 0 Å². The summed E-state index contributed by atoms with van der Waals surface area (Å²) < 4.78 is 10.5. The summed E-state index contributed by atoms with van der Waals surface area (Å²) in [6.45, 7) is 9.41. The van der Waals surface area contributed by atoms with E-state index in [0.717, 1.165) is 16.9 Å². The molecule has 0 bridgehead atoms. The van der Waals surface area contributed by atoms with Gasteiger partial charge in [0, 0.05) is 5.56 Å². The Hall–Kier alpha value is -1.75. The minimum atomic E-state index is -0.518. The van der Waals surface area contributed by atoms with Crippen LogP contribution >= 0.6 is 0 Å². The summed E-state index contributed by atoms with van der Waals surface area (Å²) in [5.74, 6) is 0.779. The maximum Gasteiger partial charge on any atom is 0.422 e. The standard InChI is InChI=1S/C15H24N2O3/c1-10-7-8-13(19-6)12(9-10)11(2)16-17-14(18)20-15(3,4)5/h7-9,11,16H,1-6H3,(H,17,18). The third-order valence-electron chi connectivity index (χ3n) is 2.64. The lowest BCUT2D eigenvalue weighted by Gasteiger charge is -2.22. The van der Waals surface area contributed by atoms with Crippen molar-refractivity contribution in [3.05, 3.63) is 29.3 Å². The van der Waals surface area contributed by atoms with Crippen LogP contribution in [0, 0.1) is 6.92 Å². The SMILES string of the molecule is COc1ccc(C)cc1C(C)NNC(=O)OC(C)(C)C. The van der Waals surface area contributed by atoms with E-state index in [2.05, 4.69) is 10.9 Å². The zero-order valence-electron chi connectivity index (χ0n) is 13.0. The molecule has 1 aromatic rings. The summed E-state index contributed by atoms with van der Waals surface area (Å²) in [6.07, 6.45) is -0.504. The molecule has 1 aromatic carbocycles. The summed E-state index contributed by atoms with van der Waals surface area (Å²) in [6, 6.07) is 5.82. The van der Waals surface area contributed by atoms with Crippen molar-refractivity contribution >= 4 is 6.09 Å². The maximum atomic E-state index is 11.6. The van der Waals surface area contributed by atoms with Crippen molar-refractivity contribution in [3.8, 4) is 5.75 Å². The highest BCUT2D eigenvalue weighted by Gasteiger charge is 2.17. The Bertz CT molecular complexity index is 467. The van der Waals surface area contributed by atoms with Gasteiger partial charge in [-0.2, -0.15) is 0 Å². The predicted octanol–water partition coefficient (Wildman–Crippen LogP) is 3.09. The number of methoxy groups -OCH3 is 1. The number of amides is 1. The van der Waals surface area contributed by atoms with Gasteiger partial charge in [0.15, 0.2) is 0 Å². The van der Waals surface area contributed by atoms with Gasteiger partial charge < -0.3 is 9.47 Å². The fourth-order valence-corrected chi connectivity index (χ4v) is 1.74. The molecule has 1 unspecified atom stereocenters. The van der Waals surface area contributed by atoms with E-state index >= 15 is 0 Å². The van der Waals surface area contributed by atoms with Gasteiger partial charge in [-0.15, -0.1) is 0 Å². The van der Waals surface area contributed by atoms with Crippen molar-refractivity contribution in [1.29, 1.82) is 0 Å². The van der Waals surface area contributed by atoms with Crippen LogP contribution < -0.4 is 15.6 Å². The topological polar surface area (TPSA) is 59.6 Å². The first-order chi connectivity index (χ1) is 9.23. The van der Waals surface area contributed by atoms with E-state index in [1.165, 1.54) is 0 Å². The highest BCUT2D eigenvalue weighted by atomic mass is 16.6. The Labute approximate surface area is 120 Å². The highest BCUT2D eigenvalue weighted by Crippen LogP contribution is 2.25. The Morgan fingerprint density at radius 2 is 1.95 bits per heavy atom. The lowest BCUT2D eigenvalue weighted by Crippen LogP contribution is -2.42. The average Bonchev–Trinajstić information content (AvgIpc) is 2.33. The first kappa shape index (κ1) is 16.3. The van der Waals surface area contributed by atoms with Crippen molar-refractivity contribution in [2.45, 2.75) is 46.3 Å². The van der Waals surface area contributed by atoms with Crippen LogP contribution in [0.4, 0.5) is 4.79 Å². The molecule has 0 aromatic heterocycles. The molecule has 0 aliphatic heterocycles. The number of nitrogens with one attached hydrogen (secondary N) is 2. The van der Waals surface area contributed by atoms with Crippen molar-refractivity contribution in [2.75, 3.05) is 7.11 Å². The van der Waals surface area contributed by atoms with E-state index in [1.54, 1.807) is 7.11 Å². The molecule has 1 atom stereocenters. The lowest BCUT2D eigenvalue weighted by molar-refractivity contribution is 0.0489. The molecule has 1 rings (SSSR count). The fourth-order valence-electron chi connectivity index (χ4n) is 1.74. The smallest absolute Gasteiger partial charge is 0.422 e. The summed E-state index contributed by atoms with van der Waals surface area (Å²) in [5.41, 5.74) is 7.05.